The van der Waals surface area contributed by atoms with Crippen molar-refractivity contribution >= 4 is 23.7 Å². The summed E-state index contributed by atoms with van der Waals surface area (Å²) in [5, 5.41) is 111. The molecule has 0 saturated carbocycles. The van der Waals surface area contributed by atoms with Crippen LogP contribution >= 0.6 is 0 Å². The first-order valence-corrected chi connectivity index (χ1v) is 15.2. The van der Waals surface area contributed by atoms with Crippen molar-refractivity contribution in [1.82, 2.24) is 16.0 Å². The van der Waals surface area contributed by atoms with Crippen molar-refractivity contribution in [3.05, 3.63) is 0 Å². The monoisotopic (exact) mass is 715 g/mol. The molecule has 3 heterocycles. The van der Waals surface area contributed by atoms with Crippen LogP contribution in [0.3, 0.4) is 0 Å². The summed E-state index contributed by atoms with van der Waals surface area (Å²) in [7, 11) is 0. The van der Waals surface area contributed by atoms with E-state index in [4.69, 9.17) is 23.7 Å². The zero-order chi connectivity index (χ0) is 37.0. The van der Waals surface area contributed by atoms with E-state index in [1.165, 1.54) is 0 Å². The Kier molecular flexibility index (Phi) is 14.2. The molecule has 3 aliphatic rings. The average Bonchev–Trinajstić information content (AvgIpc) is 3.02. The third-order valence-electron chi connectivity index (χ3n) is 8.27. The number of hydrogen-bond acceptors (Lipinski definition) is 18. The number of amides is 3. The van der Waals surface area contributed by atoms with Crippen LogP contribution in [0.15, 0.2) is 0 Å². The van der Waals surface area contributed by atoms with Crippen molar-refractivity contribution in [3.8, 4) is 0 Å². The predicted molar refractivity (Wildman–Crippen MR) is 153 cm³/mol. The molecule has 3 saturated heterocycles. The Labute approximate surface area is 278 Å². The van der Waals surface area contributed by atoms with E-state index in [1.807, 2.05) is 0 Å². The average molecular weight is 716 g/mol. The van der Waals surface area contributed by atoms with Crippen LogP contribution in [0.5, 0.6) is 0 Å². The number of hydrogen-bond donors (Lipinski definition) is 13. The molecule has 3 fully saturated rings. The molecule has 3 amide bonds. The Balaban J connectivity index is 1.92. The lowest BCUT2D eigenvalue weighted by Gasteiger charge is -2.49. The summed E-state index contributed by atoms with van der Waals surface area (Å²) in [5.74, 6) is -6.92. The topological polar surface area (TPSA) is 353 Å². The van der Waals surface area contributed by atoms with E-state index >= 15 is 0 Å². The highest BCUT2D eigenvalue weighted by Crippen LogP contribution is 2.35. The van der Waals surface area contributed by atoms with Gasteiger partial charge in [-0.2, -0.15) is 0 Å². The Morgan fingerprint density at radius 2 is 1.39 bits per heavy atom. The van der Waals surface area contributed by atoms with Gasteiger partial charge >= 0.3 is 5.97 Å². The summed E-state index contributed by atoms with van der Waals surface area (Å²) < 4.78 is 27.8. The lowest BCUT2D eigenvalue weighted by Crippen LogP contribution is -2.70. The van der Waals surface area contributed by atoms with Crippen LogP contribution in [0.1, 0.15) is 27.2 Å². The van der Waals surface area contributed by atoms with Gasteiger partial charge in [0.05, 0.1) is 32.0 Å². The highest BCUT2D eigenvalue weighted by Gasteiger charge is 2.57. The van der Waals surface area contributed by atoms with Gasteiger partial charge in [0.25, 0.3) is 5.79 Å². The van der Waals surface area contributed by atoms with Crippen LogP contribution in [-0.2, 0) is 42.9 Å². The highest BCUT2D eigenvalue weighted by atomic mass is 16.7. The van der Waals surface area contributed by atoms with Gasteiger partial charge in [-0.25, -0.2) is 4.79 Å². The van der Waals surface area contributed by atoms with Crippen LogP contribution in [0, 0.1) is 0 Å². The first kappa shape index (κ1) is 40.7. The largest absolute Gasteiger partial charge is 0.477 e. The normalized spacial score (nSPS) is 40.9. The molecule has 5 unspecified atom stereocenters. The van der Waals surface area contributed by atoms with E-state index in [0.717, 1.165) is 20.8 Å². The van der Waals surface area contributed by atoms with Crippen molar-refractivity contribution in [2.75, 3.05) is 19.8 Å². The predicted octanol–water partition coefficient (Wildman–Crippen LogP) is -7.94. The number of aliphatic carboxylic acids is 1. The van der Waals surface area contributed by atoms with Gasteiger partial charge in [0.1, 0.15) is 67.0 Å². The van der Waals surface area contributed by atoms with Crippen LogP contribution in [0.4, 0.5) is 0 Å². The maximum Gasteiger partial charge on any atom is 0.364 e. The molecular weight excluding hydrogens is 670 g/mol. The van der Waals surface area contributed by atoms with Gasteiger partial charge < -0.3 is 90.7 Å². The Morgan fingerprint density at radius 1 is 0.816 bits per heavy atom. The minimum Gasteiger partial charge on any atom is -0.477 e. The number of carbonyl (C=O) groups excluding carboxylic acids is 3. The number of carboxylic acid groups (broad SMARTS) is 1. The molecule has 16 atom stereocenters. The summed E-state index contributed by atoms with van der Waals surface area (Å²) in [4.78, 5) is 48.2. The number of aliphatic hydroxyl groups excluding tert-OH is 9. The second-order valence-electron chi connectivity index (χ2n) is 12.0. The molecule has 0 aromatic carbocycles. The smallest absolute Gasteiger partial charge is 0.364 e. The zero-order valence-corrected chi connectivity index (χ0v) is 26.6. The Hall–Kier alpha value is -2.68. The summed E-state index contributed by atoms with van der Waals surface area (Å²) >= 11 is 0. The Morgan fingerprint density at radius 3 is 1.92 bits per heavy atom. The number of ether oxygens (including phenoxy) is 5. The SMILES string of the molecule is CC(=O)N[C@@H]1C(O)[C@@H](O)C(CO)O[C@@H]1OC1[C@H](O)C(CO[C@@]2(C(=O)O)C[C@H](O)[C@H](NC(C)=O)C([C@@H](O)[C@@H](O)CO)O2)O[C@@H](O)[C@@H]1NC(C)=O. The van der Waals surface area contributed by atoms with Crippen LogP contribution in [0.25, 0.3) is 0 Å². The Bertz CT molecular complexity index is 1170. The molecule has 0 aliphatic carbocycles. The molecule has 0 bridgehead atoms. The van der Waals surface area contributed by atoms with Crippen LogP contribution in [-0.4, -0.2) is 192 Å². The first-order chi connectivity index (χ1) is 22.9. The van der Waals surface area contributed by atoms with E-state index in [9.17, 15) is 70.2 Å². The minimum absolute atomic E-state index is 0.711. The van der Waals surface area contributed by atoms with Crippen molar-refractivity contribution in [1.29, 1.82) is 0 Å². The van der Waals surface area contributed by atoms with Gasteiger partial charge in [0, 0.05) is 27.2 Å². The number of aliphatic hydroxyl groups is 9. The summed E-state index contributed by atoms with van der Waals surface area (Å²) in [6, 6.07) is -4.60. The van der Waals surface area contributed by atoms with Gasteiger partial charge in [-0.15, -0.1) is 0 Å². The third kappa shape index (κ3) is 9.36. The van der Waals surface area contributed by atoms with Crippen LogP contribution in [0.2, 0.25) is 0 Å². The molecule has 0 aromatic heterocycles. The van der Waals surface area contributed by atoms with Crippen molar-refractivity contribution in [3.63, 3.8) is 0 Å². The van der Waals surface area contributed by atoms with Crippen molar-refractivity contribution in [2.24, 2.45) is 0 Å². The number of nitrogens with one attached hydrogen (secondary N) is 3. The molecule has 49 heavy (non-hydrogen) atoms. The standard InChI is InChI=1S/C27H45N3O19/c1-8(33)28-15-11(36)4-27(26(43)44,49-23(15)18(38)12(37)5-31)45-7-14-20(40)22(17(24(42)46-14)30-10(3)35)48-25-16(29-9(2)34)21(41)19(39)13(6-32)47-25/h11-25,31-32,36-42H,4-7H2,1-3H3,(H,28,33)(H,29,34)(H,30,35)(H,43,44)/t11-,12-,13?,14?,15-,16+,17+,18-,19-,20+,21?,22?,23?,24+,25+,27-/m0/s1. The fourth-order valence-corrected chi connectivity index (χ4v) is 5.86. The van der Waals surface area contributed by atoms with Gasteiger partial charge in [0.2, 0.25) is 17.7 Å². The molecule has 22 heteroatoms. The molecular formula is C27H45N3O19. The quantitative estimate of drug-likeness (QED) is 0.0842. The van der Waals surface area contributed by atoms with Gasteiger partial charge in [0.15, 0.2) is 12.6 Å². The lowest BCUT2D eigenvalue weighted by molar-refractivity contribution is -0.342. The maximum atomic E-state index is 12.5. The molecule has 3 rings (SSSR count). The van der Waals surface area contributed by atoms with Gasteiger partial charge in [-0.1, -0.05) is 0 Å². The van der Waals surface area contributed by atoms with Crippen LogP contribution < -0.4 is 16.0 Å². The lowest BCUT2D eigenvalue weighted by atomic mass is 9.88. The van der Waals surface area contributed by atoms with Gasteiger partial charge in [-0.05, 0) is 0 Å². The number of carbonyl (C=O) groups is 4. The van der Waals surface area contributed by atoms with E-state index in [2.05, 4.69) is 16.0 Å². The molecule has 0 spiro atoms. The summed E-state index contributed by atoms with van der Waals surface area (Å²) in [6.07, 6.45) is -22.7. The fourth-order valence-electron chi connectivity index (χ4n) is 5.86. The zero-order valence-electron chi connectivity index (χ0n) is 26.6. The molecule has 3 aliphatic heterocycles. The third-order valence-corrected chi connectivity index (χ3v) is 8.27. The summed E-state index contributed by atoms with van der Waals surface area (Å²) in [6.45, 7) is 0.360. The van der Waals surface area contributed by atoms with E-state index in [-0.39, 0.29) is 0 Å². The molecule has 0 radical (unpaired) electrons. The van der Waals surface area contributed by atoms with E-state index < -0.39 is 147 Å². The highest BCUT2D eigenvalue weighted by molar-refractivity contribution is 5.76. The van der Waals surface area contributed by atoms with E-state index in [0.29, 0.717) is 0 Å². The van der Waals surface area contributed by atoms with Crippen molar-refractivity contribution in [2.45, 2.75) is 125 Å². The first-order valence-electron chi connectivity index (χ1n) is 15.2. The van der Waals surface area contributed by atoms with Gasteiger partial charge in [-0.3, -0.25) is 14.4 Å². The van der Waals surface area contributed by atoms with E-state index in [1.54, 1.807) is 0 Å². The maximum absolute atomic E-state index is 12.5. The molecule has 13 N–H and O–H groups in total. The number of carboxylic acids is 1. The second kappa shape index (κ2) is 17.0. The molecule has 282 valence electrons. The second-order valence-corrected chi connectivity index (χ2v) is 12.0. The fraction of sp³-hybridized carbons (Fsp3) is 0.852. The van der Waals surface area contributed by atoms with Crippen molar-refractivity contribution < 1.29 is 93.9 Å². The number of rotatable bonds is 13. The summed E-state index contributed by atoms with van der Waals surface area (Å²) in [5.41, 5.74) is 0. The minimum atomic E-state index is -2.86. The molecule has 22 nitrogen and oxygen atoms in total. The molecule has 0 aromatic rings.